The second kappa shape index (κ2) is 8.31. The molecule has 3 aromatic carbocycles. The quantitative estimate of drug-likeness (QED) is 0.682. The number of fused-ring (bicyclic) bond motifs is 1. The Bertz CT molecular complexity index is 957. The van der Waals surface area contributed by atoms with Gasteiger partial charge in [0.25, 0.3) is 5.91 Å². The number of hydrazine groups is 1. The Balaban J connectivity index is 1.50. The minimum absolute atomic E-state index is 0.137. The molecule has 0 aliphatic rings. The summed E-state index contributed by atoms with van der Waals surface area (Å²) in [6, 6.07) is 19.0. The molecule has 6 heteroatoms. The molecule has 1 atom stereocenters. The van der Waals surface area contributed by atoms with E-state index in [0.717, 1.165) is 16.3 Å². The summed E-state index contributed by atoms with van der Waals surface area (Å²) in [4.78, 5) is 24.1. The Labute approximate surface area is 156 Å². The SMILES string of the molecule is C[C@H](Oc1ccc(F)cc1)C(=O)NNC(=O)Cc1ccc2ccccc2c1. The number of hydrogen-bond acceptors (Lipinski definition) is 3. The lowest BCUT2D eigenvalue weighted by molar-refractivity contribution is -0.132. The van der Waals surface area contributed by atoms with E-state index in [0.29, 0.717) is 5.75 Å². The van der Waals surface area contributed by atoms with Crippen molar-refractivity contribution in [1.29, 1.82) is 0 Å². The van der Waals surface area contributed by atoms with Gasteiger partial charge in [-0.3, -0.25) is 20.4 Å². The van der Waals surface area contributed by atoms with Crippen LogP contribution in [0.15, 0.2) is 66.7 Å². The van der Waals surface area contributed by atoms with Crippen molar-refractivity contribution in [2.75, 3.05) is 0 Å². The first-order valence-corrected chi connectivity index (χ1v) is 8.50. The number of halogens is 1. The average Bonchev–Trinajstić information content (AvgIpc) is 2.67. The monoisotopic (exact) mass is 366 g/mol. The summed E-state index contributed by atoms with van der Waals surface area (Å²) in [7, 11) is 0. The fourth-order valence-corrected chi connectivity index (χ4v) is 2.58. The fraction of sp³-hybridized carbons (Fsp3) is 0.143. The fourth-order valence-electron chi connectivity index (χ4n) is 2.58. The number of amides is 2. The van der Waals surface area contributed by atoms with Crippen LogP contribution >= 0.6 is 0 Å². The molecule has 0 aromatic heterocycles. The lowest BCUT2D eigenvalue weighted by Crippen LogP contribution is -2.47. The van der Waals surface area contributed by atoms with Gasteiger partial charge < -0.3 is 4.74 Å². The van der Waals surface area contributed by atoms with Gasteiger partial charge in [0.15, 0.2) is 6.10 Å². The van der Waals surface area contributed by atoms with Crippen molar-refractivity contribution in [2.24, 2.45) is 0 Å². The highest BCUT2D eigenvalue weighted by Crippen LogP contribution is 2.16. The van der Waals surface area contributed by atoms with Crippen molar-refractivity contribution < 1.29 is 18.7 Å². The molecule has 0 fully saturated rings. The van der Waals surface area contributed by atoms with Gasteiger partial charge in [-0.1, -0.05) is 42.5 Å². The predicted octanol–water partition coefficient (Wildman–Crippen LogP) is 3.14. The molecule has 0 unspecified atom stereocenters. The van der Waals surface area contributed by atoms with Crippen LogP contribution < -0.4 is 15.6 Å². The first kappa shape index (κ1) is 18.4. The second-order valence-electron chi connectivity index (χ2n) is 6.11. The molecule has 27 heavy (non-hydrogen) atoms. The zero-order chi connectivity index (χ0) is 19.2. The predicted molar refractivity (Wildman–Crippen MR) is 100 cm³/mol. The van der Waals surface area contributed by atoms with Crippen molar-refractivity contribution in [3.05, 3.63) is 78.1 Å². The van der Waals surface area contributed by atoms with Crippen molar-refractivity contribution in [3.63, 3.8) is 0 Å². The molecule has 2 N–H and O–H groups in total. The summed E-state index contributed by atoms with van der Waals surface area (Å²) in [6.07, 6.45) is -0.713. The summed E-state index contributed by atoms with van der Waals surface area (Å²) >= 11 is 0. The van der Waals surface area contributed by atoms with E-state index >= 15 is 0 Å². The number of nitrogens with one attached hydrogen (secondary N) is 2. The van der Waals surface area contributed by atoms with Gasteiger partial charge in [0.2, 0.25) is 5.91 Å². The number of carbonyl (C=O) groups excluding carboxylic acids is 2. The van der Waals surface area contributed by atoms with Gasteiger partial charge in [-0.05, 0) is 47.5 Å². The molecule has 0 spiro atoms. The third-order valence-corrected chi connectivity index (χ3v) is 4.00. The number of ether oxygens (including phenoxy) is 1. The third-order valence-electron chi connectivity index (χ3n) is 4.00. The zero-order valence-electron chi connectivity index (χ0n) is 14.7. The van der Waals surface area contributed by atoms with Crippen LogP contribution in [0, 0.1) is 5.82 Å². The summed E-state index contributed by atoms with van der Waals surface area (Å²) in [5, 5.41) is 2.15. The Hall–Kier alpha value is -3.41. The Kier molecular flexibility index (Phi) is 5.66. The van der Waals surface area contributed by atoms with Crippen LogP contribution in [0.3, 0.4) is 0 Å². The van der Waals surface area contributed by atoms with Crippen LogP contribution in [0.25, 0.3) is 10.8 Å². The van der Waals surface area contributed by atoms with E-state index in [1.807, 2.05) is 42.5 Å². The Morgan fingerprint density at radius 3 is 2.41 bits per heavy atom. The van der Waals surface area contributed by atoms with E-state index in [1.165, 1.54) is 31.2 Å². The third kappa shape index (κ3) is 5.04. The highest BCUT2D eigenvalue weighted by molar-refractivity contribution is 5.87. The number of hydrogen-bond donors (Lipinski definition) is 2. The Morgan fingerprint density at radius 1 is 0.963 bits per heavy atom. The summed E-state index contributed by atoms with van der Waals surface area (Å²) in [5.41, 5.74) is 5.55. The maximum absolute atomic E-state index is 12.9. The van der Waals surface area contributed by atoms with Gasteiger partial charge in [-0.15, -0.1) is 0 Å². The van der Waals surface area contributed by atoms with Gasteiger partial charge >= 0.3 is 0 Å². The minimum atomic E-state index is -0.851. The van der Waals surface area contributed by atoms with Crippen LogP contribution in [-0.2, 0) is 16.0 Å². The van der Waals surface area contributed by atoms with Gasteiger partial charge in [0.05, 0.1) is 6.42 Å². The van der Waals surface area contributed by atoms with Gasteiger partial charge in [0, 0.05) is 0 Å². The average molecular weight is 366 g/mol. The summed E-state index contributed by atoms with van der Waals surface area (Å²) < 4.78 is 18.3. The van der Waals surface area contributed by atoms with Crippen molar-refractivity contribution in [1.82, 2.24) is 10.9 Å². The molecule has 0 radical (unpaired) electrons. The first-order valence-electron chi connectivity index (χ1n) is 8.50. The molecule has 5 nitrogen and oxygen atoms in total. The van der Waals surface area contributed by atoms with Crippen LogP contribution in [-0.4, -0.2) is 17.9 Å². The topological polar surface area (TPSA) is 67.4 Å². The molecule has 0 aliphatic carbocycles. The normalized spacial score (nSPS) is 11.6. The van der Waals surface area contributed by atoms with E-state index in [9.17, 15) is 14.0 Å². The molecule has 0 saturated heterocycles. The number of carbonyl (C=O) groups is 2. The smallest absolute Gasteiger partial charge is 0.279 e. The molecule has 3 rings (SSSR count). The van der Waals surface area contributed by atoms with E-state index in [4.69, 9.17) is 4.74 Å². The molecular formula is C21H19FN2O3. The largest absolute Gasteiger partial charge is 0.481 e. The molecule has 0 saturated carbocycles. The Morgan fingerprint density at radius 2 is 1.67 bits per heavy atom. The molecule has 0 aliphatic heterocycles. The van der Waals surface area contributed by atoms with E-state index in [-0.39, 0.29) is 18.1 Å². The minimum Gasteiger partial charge on any atom is -0.481 e. The second-order valence-corrected chi connectivity index (χ2v) is 6.11. The van der Waals surface area contributed by atoms with Gasteiger partial charge in [-0.2, -0.15) is 0 Å². The molecule has 2 amide bonds. The lowest BCUT2D eigenvalue weighted by atomic mass is 10.1. The van der Waals surface area contributed by atoms with E-state index in [2.05, 4.69) is 10.9 Å². The van der Waals surface area contributed by atoms with Gasteiger partial charge in [0.1, 0.15) is 11.6 Å². The standard InChI is InChI=1S/C21H19FN2O3/c1-14(27-19-10-8-18(22)9-11-19)21(26)24-23-20(25)13-15-6-7-16-4-2-3-5-17(16)12-15/h2-12,14H,13H2,1H3,(H,23,25)(H,24,26)/t14-/m0/s1. The maximum atomic E-state index is 12.9. The molecule has 0 heterocycles. The first-order chi connectivity index (χ1) is 13.0. The number of benzene rings is 3. The molecule has 0 bridgehead atoms. The highest BCUT2D eigenvalue weighted by atomic mass is 19.1. The van der Waals surface area contributed by atoms with Crippen LogP contribution in [0.4, 0.5) is 4.39 Å². The highest BCUT2D eigenvalue weighted by Gasteiger charge is 2.15. The zero-order valence-corrected chi connectivity index (χ0v) is 14.7. The summed E-state index contributed by atoms with van der Waals surface area (Å²) in [6.45, 7) is 1.54. The molecule has 138 valence electrons. The van der Waals surface area contributed by atoms with Gasteiger partial charge in [-0.25, -0.2) is 4.39 Å². The van der Waals surface area contributed by atoms with Crippen molar-refractivity contribution in [3.8, 4) is 5.75 Å². The summed E-state index contributed by atoms with van der Waals surface area (Å²) in [5.74, 6) is -0.874. The van der Waals surface area contributed by atoms with Crippen molar-refractivity contribution >= 4 is 22.6 Å². The van der Waals surface area contributed by atoms with E-state index < -0.39 is 12.0 Å². The molecular weight excluding hydrogens is 347 g/mol. The van der Waals surface area contributed by atoms with E-state index in [1.54, 1.807) is 0 Å². The van der Waals surface area contributed by atoms with Crippen LogP contribution in [0.5, 0.6) is 5.75 Å². The maximum Gasteiger partial charge on any atom is 0.279 e. The number of rotatable bonds is 5. The van der Waals surface area contributed by atoms with Crippen LogP contribution in [0.2, 0.25) is 0 Å². The van der Waals surface area contributed by atoms with Crippen LogP contribution in [0.1, 0.15) is 12.5 Å². The lowest BCUT2D eigenvalue weighted by Gasteiger charge is -2.15. The van der Waals surface area contributed by atoms with Crippen molar-refractivity contribution in [2.45, 2.75) is 19.4 Å². The molecule has 3 aromatic rings.